The maximum atomic E-state index is 12.9. The molecule has 0 aliphatic carbocycles. The summed E-state index contributed by atoms with van der Waals surface area (Å²) in [5, 5.41) is 5.65. The van der Waals surface area contributed by atoms with Crippen molar-refractivity contribution >= 4 is 23.2 Å². The van der Waals surface area contributed by atoms with Gasteiger partial charge in [0.15, 0.2) is 0 Å². The van der Waals surface area contributed by atoms with Crippen molar-refractivity contribution in [2.75, 3.05) is 27.2 Å². The molecule has 1 aromatic carbocycles. The van der Waals surface area contributed by atoms with Crippen LogP contribution in [0.25, 0.3) is 11.0 Å². The number of aryl methyl sites for hydroxylation is 1. The Morgan fingerprint density at radius 2 is 1.97 bits per heavy atom. The maximum Gasteiger partial charge on any atom is 0.329 e. The normalized spacial score (nSPS) is 12.2. The molecule has 182 valence electrons. The maximum absolute atomic E-state index is 12.9. The highest BCUT2D eigenvalue weighted by Gasteiger charge is 2.20. The van der Waals surface area contributed by atoms with Gasteiger partial charge in [0.1, 0.15) is 12.9 Å². The fraction of sp³-hybridized carbons (Fsp3) is 0.560. The predicted molar refractivity (Wildman–Crippen MR) is 132 cm³/mol. The fourth-order valence-corrected chi connectivity index (χ4v) is 3.52. The molecule has 0 radical (unpaired) electrons. The standard InChI is InChI=1S/C23H32N4O4.C2H6/c1-5-19(13-14-24-2)31-15-7-9-17-8-6-10-20-22(17)26(4)23(30)27(20)18(16-28)11-12-21(29)25-3;1-2/h6,8,10,16,18-19,24H,5,11-15H2,1-4H3,(H,25,29);1-2H3. The van der Waals surface area contributed by atoms with Crippen LogP contribution in [0.4, 0.5) is 0 Å². The lowest BCUT2D eigenvalue weighted by molar-refractivity contribution is -0.121. The van der Waals surface area contributed by atoms with Gasteiger partial charge in [0.25, 0.3) is 0 Å². The molecule has 2 rings (SSSR count). The van der Waals surface area contributed by atoms with Gasteiger partial charge in [-0.1, -0.05) is 38.7 Å². The number of carbonyl (C=O) groups is 2. The number of hydrogen-bond acceptors (Lipinski definition) is 5. The van der Waals surface area contributed by atoms with Crippen molar-refractivity contribution in [3.63, 3.8) is 0 Å². The topological polar surface area (TPSA) is 94.4 Å². The summed E-state index contributed by atoms with van der Waals surface area (Å²) in [4.78, 5) is 36.2. The van der Waals surface area contributed by atoms with E-state index in [1.807, 2.05) is 33.0 Å². The quantitative estimate of drug-likeness (QED) is 0.398. The number of aromatic nitrogens is 2. The van der Waals surface area contributed by atoms with Gasteiger partial charge in [-0.05, 0) is 45.0 Å². The van der Waals surface area contributed by atoms with Crippen LogP contribution in [-0.2, 0) is 21.4 Å². The number of rotatable bonds is 11. The second kappa shape index (κ2) is 15.0. The van der Waals surface area contributed by atoms with Gasteiger partial charge in [-0.25, -0.2) is 4.79 Å². The highest BCUT2D eigenvalue weighted by atomic mass is 16.5. The molecule has 0 fully saturated rings. The Morgan fingerprint density at radius 3 is 2.58 bits per heavy atom. The van der Waals surface area contributed by atoms with Crippen molar-refractivity contribution in [3.05, 3.63) is 34.2 Å². The number of carbonyl (C=O) groups excluding carboxylic acids is 2. The smallest absolute Gasteiger partial charge is 0.329 e. The zero-order chi connectivity index (χ0) is 24.8. The Balaban J connectivity index is 0.00000265. The van der Waals surface area contributed by atoms with Gasteiger partial charge in [0, 0.05) is 20.5 Å². The molecule has 1 heterocycles. The van der Waals surface area contributed by atoms with E-state index in [2.05, 4.69) is 29.4 Å². The summed E-state index contributed by atoms with van der Waals surface area (Å²) in [7, 11) is 5.12. The summed E-state index contributed by atoms with van der Waals surface area (Å²) in [6, 6.07) is 4.72. The van der Waals surface area contributed by atoms with Crippen LogP contribution in [0.15, 0.2) is 23.0 Å². The van der Waals surface area contributed by atoms with Crippen LogP contribution in [0.2, 0.25) is 0 Å². The third-order valence-corrected chi connectivity index (χ3v) is 5.32. The van der Waals surface area contributed by atoms with Crippen LogP contribution in [0, 0.1) is 11.8 Å². The second-order valence-corrected chi connectivity index (χ2v) is 7.34. The van der Waals surface area contributed by atoms with Gasteiger partial charge >= 0.3 is 5.69 Å². The number of fused-ring (bicyclic) bond motifs is 1. The van der Waals surface area contributed by atoms with Crippen LogP contribution < -0.4 is 16.3 Å². The van der Waals surface area contributed by atoms with Crippen LogP contribution >= 0.6 is 0 Å². The molecule has 1 aromatic heterocycles. The molecule has 1 amide bonds. The number of nitrogens with zero attached hydrogens (tertiary/aromatic N) is 2. The molecule has 8 nitrogen and oxygen atoms in total. The van der Waals surface area contributed by atoms with Crippen molar-refractivity contribution in [2.24, 2.45) is 7.05 Å². The van der Waals surface area contributed by atoms with Crippen LogP contribution in [0.3, 0.4) is 0 Å². The fourth-order valence-electron chi connectivity index (χ4n) is 3.52. The summed E-state index contributed by atoms with van der Waals surface area (Å²) >= 11 is 0. The van der Waals surface area contributed by atoms with Crippen molar-refractivity contribution < 1.29 is 14.3 Å². The molecule has 0 saturated carbocycles. The second-order valence-electron chi connectivity index (χ2n) is 7.34. The molecule has 33 heavy (non-hydrogen) atoms. The molecule has 8 heteroatoms. The first kappa shape index (κ1) is 28.1. The zero-order valence-electron chi connectivity index (χ0n) is 20.7. The number of amides is 1. The summed E-state index contributed by atoms with van der Waals surface area (Å²) in [6.45, 7) is 7.27. The Kier molecular flexibility index (Phi) is 12.8. The lowest BCUT2D eigenvalue weighted by Crippen LogP contribution is -2.28. The van der Waals surface area contributed by atoms with Crippen molar-refractivity contribution in [3.8, 4) is 11.8 Å². The van der Waals surface area contributed by atoms with E-state index in [4.69, 9.17) is 4.74 Å². The summed E-state index contributed by atoms with van der Waals surface area (Å²) in [5.74, 6) is 5.97. The number of benzene rings is 1. The van der Waals surface area contributed by atoms with Gasteiger partial charge in [0.2, 0.25) is 5.91 Å². The van der Waals surface area contributed by atoms with E-state index in [-0.39, 0.29) is 30.5 Å². The van der Waals surface area contributed by atoms with E-state index in [0.29, 0.717) is 29.5 Å². The molecule has 0 saturated heterocycles. The van der Waals surface area contributed by atoms with Crippen LogP contribution in [0.5, 0.6) is 0 Å². The summed E-state index contributed by atoms with van der Waals surface area (Å²) < 4.78 is 8.78. The van der Waals surface area contributed by atoms with Gasteiger partial charge < -0.3 is 20.2 Å². The Morgan fingerprint density at radius 1 is 1.24 bits per heavy atom. The van der Waals surface area contributed by atoms with Crippen molar-refractivity contribution in [1.82, 2.24) is 19.8 Å². The molecule has 0 bridgehead atoms. The van der Waals surface area contributed by atoms with Gasteiger partial charge in [-0.2, -0.15) is 0 Å². The molecule has 2 atom stereocenters. The molecule has 2 unspecified atom stereocenters. The van der Waals surface area contributed by atoms with E-state index in [9.17, 15) is 14.4 Å². The molecule has 0 spiro atoms. The SMILES string of the molecule is CC.CCC(CCNC)OCC#Cc1cccc2c1n(C)c(=O)n2C(C=O)CCC(=O)NC. The molecular weight excluding hydrogens is 420 g/mol. The lowest BCUT2D eigenvalue weighted by atomic mass is 10.1. The van der Waals surface area contributed by atoms with Crippen LogP contribution in [0.1, 0.15) is 58.1 Å². The minimum atomic E-state index is -0.725. The number of ether oxygens (including phenoxy) is 1. The largest absolute Gasteiger partial charge is 0.366 e. The Hall–Kier alpha value is -2.89. The first-order valence-corrected chi connectivity index (χ1v) is 11.6. The zero-order valence-corrected chi connectivity index (χ0v) is 20.7. The monoisotopic (exact) mass is 458 g/mol. The third kappa shape index (κ3) is 7.58. The number of imidazole rings is 1. The molecule has 2 aromatic rings. The van der Waals surface area contributed by atoms with E-state index < -0.39 is 6.04 Å². The molecule has 0 aliphatic rings. The number of para-hydroxylation sites is 1. The van der Waals surface area contributed by atoms with Gasteiger partial charge in [-0.15, -0.1) is 0 Å². The Bertz CT molecular complexity index is 1010. The predicted octanol–water partition coefficient (Wildman–Crippen LogP) is 2.39. The highest BCUT2D eigenvalue weighted by Crippen LogP contribution is 2.21. The number of nitrogens with one attached hydrogen (secondary N) is 2. The van der Waals surface area contributed by atoms with E-state index in [1.165, 1.54) is 9.13 Å². The average Bonchev–Trinajstić information content (AvgIpc) is 3.11. The molecule has 2 N–H and O–H groups in total. The first-order valence-electron chi connectivity index (χ1n) is 11.6. The molecule has 0 aliphatic heterocycles. The van der Waals surface area contributed by atoms with Crippen LogP contribution in [-0.4, -0.2) is 54.7 Å². The first-order chi connectivity index (χ1) is 16.0. The molecular formula is C25H38N4O4. The Labute approximate surface area is 196 Å². The third-order valence-electron chi connectivity index (χ3n) is 5.32. The van der Waals surface area contributed by atoms with E-state index >= 15 is 0 Å². The minimum absolute atomic E-state index is 0.150. The highest BCUT2D eigenvalue weighted by molar-refractivity contribution is 5.84. The summed E-state index contributed by atoms with van der Waals surface area (Å²) in [6.07, 6.45) is 3.11. The minimum Gasteiger partial charge on any atom is -0.366 e. The van der Waals surface area contributed by atoms with Gasteiger partial charge in [0.05, 0.1) is 28.7 Å². The van der Waals surface area contributed by atoms with E-state index in [0.717, 1.165) is 19.4 Å². The van der Waals surface area contributed by atoms with Gasteiger partial charge in [-0.3, -0.25) is 13.9 Å². The van der Waals surface area contributed by atoms with E-state index in [1.54, 1.807) is 20.2 Å². The summed E-state index contributed by atoms with van der Waals surface area (Å²) in [5.41, 5.74) is 1.66. The lowest BCUT2D eigenvalue weighted by Gasteiger charge is -2.13. The number of hydrogen-bond donors (Lipinski definition) is 2. The van der Waals surface area contributed by atoms with Crippen molar-refractivity contribution in [1.29, 1.82) is 0 Å². The average molecular weight is 459 g/mol. The van der Waals surface area contributed by atoms with Crippen molar-refractivity contribution in [2.45, 2.75) is 58.6 Å². The number of aldehydes is 1.